The molecule has 2 aromatic rings. The van der Waals surface area contributed by atoms with Crippen LogP contribution in [0.1, 0.15) is 40.8 Å². The highest BCUT2D eigenvalue weighted by molar-refractivity contribution is 7.61. The molecule has 0 spiro atoms. The highest BCUT2D eigenvalue weighted by Crippen LogP contribution is 2.62. The first-order valence-corrected chi connectivity index (χ1v) is 17.6. The second kappa shape index (κ2) is 15.4. The van der Waals surface area contributed by atoms with Gasteiger partial charge in [0, 0.05) is 26.7 Å². The van der Waals surface area contributed by atoms with E-state index in [1.807, 2.05) is 0 Å². The Balaban J connectivity index is 1.45. The lowest BCUT2D eigenvalue weighted by Gasteiger charge is -2.45. The number of hydrogen-bond donors (Lipinski definition) is 5. The highest BCUT2D eigenvalue weighted by atomic mass is 31.3. The van der Waals surface area contributed by atoms with Gasteiger partial charge in [-0.15, -0.1) is 0 Å². The van der Waals surface area contributed by atoms with Gasteiger partial charge < -0.3 is 49.4 Å². The smallest absolute Gasteiger partial charge is 0.462 e. The lowest BCUT2D eigenvalue weighted by atomic mass is 9.81. The molecule has 0 saturated carbocycles. The summed E-state index contributed by atoms with van der Waals surface area (Å²) >= 11 is 0. The number of phosphoric ester groups is 2. The summed E-state index contributed by atoms with van der Waals surface area (Å²) in [4.78, 5) is 67.8. The number of esters is 3. The third kappa shape index (κ3) is 9.35. The fourth-order valence-electron chi connectivity index (χ4n) is 5.30. The van der Waals surface area contributed by atoms with Crippen LogP contribution in [0.3, 0.4) is 0 Å². The molecule has 12 atom stereocenters. The summed E-state index contributed by atoms with van der Waals surface area (Å²) in [6, 6.07) is 0. The zero-order chi connectivity index (χ0) is 36.4. The van der Waals surface area contributed by atoms with Gasteiger partial charge in [0.15, 0.2) is 29.9 Å². The minimum Gasteiger partial charge on any atom is -0.462 e. The van der Waals surface area contributed by atoms with E-state index in [0.29, 0.717) is 0 Å². The number of hydrogen-bond acceptors (Lipinski definition) is 19. The van der Waals surface area contributed by atoms with E-state index in [0.717, 1.165) is 27.1 Å². The van der Waals surface area contributed by atoms with Gasteiger partial charge in [-0.3, -0.25) is 28.0 Å². The predicted octanol–water partition coefficient (Wildman–Crippen LogP) is -0.298. The van der Waals surface area contributed by atoms with Crippen LogP contribution in [0.25, 0.3) is 11.2 Å². The number of aliphatic hydroxyl groups excluding tert-OH is 2. The van der Waals surface area contributed by atoms with Crippen LogP contribution in [-0.2, 0) is 60.6 Å². The SMILES string of the molecule is CC(=O)OC[C@@H](OC(C)=O)C1O[C@@H](OP(=O)(O)OP(=O)(O)OC[C@H]2O[C@@H](n3cnc4c(N)ncnc43)[C@@H](O)C2O)C(OC(C)=O)[C@@H](C)[C@@H]1C. The molecule has 4 rings (SSSR count). The lowest BCUT2D eigenvalue weighted by Crippen LogP contribution is -2.56. The second-order valence-electron chi connectivity index (χ2n) is 11.3. The van der Waals surface area contributed by atoms with Gasteiger partial charge in [0.25, 0.3) is 0 Å². The second-order valence-corrected chi connectivity index (χ2v) is 14.3. The first-order valence-electron chi connectivity index (χ1n) is 14.6. The number of nitrogens with zero attached hydrogens (tertiary/aromatic N) is 4. The molecule has 2 aliphatic heterocycles. The molecule has 0 radical (unpaired) electrons. The van der Waals surface area contributed by atoms with Gasteiger partial charge in [-0.05, 0) is 5.92 Å². The van der Waals surface area contributed by atoms with Crippen LogP contribution in [0.15, 0.2) is 12.7 Å². The quantitative estimate of drug-likeness (QED) is 0.0999. The number of carbonyl (C=O) groups is 3. The molecule has 4 heterocycles. The first kappa shape index (κ1) is 38.7. The van der Waals surface area contributed by atoms with Gasteiger partial charge in [0.05, 0.1) is 12.9 Å². The van der Waals surface area contributed by atoms with Gasteiger partial charge in [-0.25, -0.2) is 24.1 Å². The number of nitrogen functional groups attached to an aromatic ring is 1. The van der Waals surface area contributed by atoms with Crippen LogP contribution >= 0.6 is 15.6 Å². The van der Waals surface area contributed by atoms with Crippen LogP contribution in [-0.4, -0.2) is 114 Å². The van der Waals surface area contributed by atoms with Crippen molar-refractivity contribution in [2.45, 2.75) is 83.8 Å². The maximum atomic E-state index is 13.0. The molecule has 2 aliphatic rings. The van der Waals surface area contributed by atoms with Gasteiger partial charge in [0.2, 0.25) is 6.29 Å². The number of rotatable bonds is 13. The number of ether oxygens (including phenoxy) is 5. The number of phosphoric acid groups is 2. The van der Waals surface area contributed by atoms with Crippen molar-refractivity contribution in [3.63, 3.8) is 0 Å². The Morgan fingerprint density at radius 1 is 0.980 bits per heavy atom. The largest absolute Gasteiger partial charge is 0.483 e. The summed E-state index contributed by atoms with van der Waals surface area (Å²) in [7, 11) is -11.1. The van der Waals surface area contributed by atoms with E-state index < -0.39 is 108 Å². The molecule has 274 valence electrons. The average molecular weight is 742 g/mol. The Hall–Kier alpha value is -3.14. The van der Waals surface area contributed by atoms with E-state index >= 15 is 0 Å². The number of aliphatic hydroxyl groups is 2. The Labute approximate surface area is 277 Å². The summed E-state index contributed by atoms with van der Waals surface area (Å²) in [6.07, 6.45) is -9.53. The molecule has 49 heavy (non-hydrogen) atoms. The van der Waals surface area contributed by atoms with Gasteiger partial charge in [-0.2, -0.15) is 4.31 Å². The van der Waals surface area contributed by atoms with Crippen molar-refractivity contribution < 1.29 is 80.6 Å². The molecule has 2 aromatic heterocycles. The third-order valence-electron chi connectivity index (χ3n) is 7.71. The third-order valence-corrected chi connectivity index (χ3v) is 10.3. The molecule has 0 bridgehead atoms. The Morgan fingerprint density at radius 2 is 1.67 bits per heavy atom. The number of fused-ring (bicyclic) bond motifs is 1. The summed E-state index contributed by atoms with van der Waals surface area (Å²) in [5.74, 6) is -3.62. The number of carbonyl (C=O) groups excluding carboxylic acids is 3. The highest BCUT2D eigenvalue weighted by Gasteiger charge is 2.52. The summed E-state index contributed by atoms with van der Waals surface area (Å²) in [5.41, 5.74) is 6.10. The topological polar surface area (TPSA) is 310 Å². The molecule has 0 amide bonds. The Bertz CT molecular complexity index is 1630. The van der Waals surface area contributed by atoms with Crippen LogP contribution in [0, 0.1) is 11.8 Å². The molecular formula is C25H37N5O17P2. The van der Waals surface area contributed by atoms with Crippen LogP contribution in [0.4, 0.5) is 5.82 Å². The average Bonchev–Trinajstić information content (AvgIpc) is 3.54. The van der Waals surface area contributed by atoms with Crippen LogP contribution < -0.4 is 5.73 Å². The molecule has 5 unspecified atom stereocenters. The number of anilines is 1. The van der Waals surface area contributed by atoms with Crippen molar-refractivity contribution in [2.75, 3.05) is 18.9 Å². The van der Waals surface area contributed by atoms with Crippen LogP contribution in [0.2, 0.25) is 0 Å². The van der Waals surface area contributed by atoms with E-state index in [2.05, 4.69) is 19.3 Å². The van der Waals surface area contributed by atoms with Crippen molar-refractivity contribution in [3.05, 3.63) is 12.7 Å². The maximum Gasteiger partial charge on any atom is 0.483 e. The van der Waals surface area contributed by atoms with Crippen molar-refractivity contribution in [1.29, 1.82) is 0 Å². The summed E-state index contributed by atoms with van der Waals surface area (Å²) in [6.45, 7) is 5.01. The van der Waals surface area contributed by atoms with Gasteiger partial charge >= 0.3 is 33.6 Å². The number of nitrogens with two attached hydrogens (primary N) is 1. The van der Waals surface area contributed by atoms with E-state index in [9.17, 15) is 43.5 Å². The number of aromatic nitrogens is 4. The summed E-state index contributed by atoms with van der Waals surface area (Å²) in [5, 5.41) is 21.1. The minimum absolute atomic E-state index is 0.0363. The molecule has 24 heteroatoms. The first-order chi connectivity index (χ1) is 22.8. The standard InChI is InChI=1S/C25H37N5O17P2/c1-10-11(2)21(43-14(5)33)25(45-20(10)16(42-13(4)32)6-40-12(3)31)46-49(38,39)47-48(36,37)41-7-15-18(34)19(35)24(44-15)30-9-29-17-22(26)27-8-28-23(17)30/h8-11,15-16,18-21,24-25,34-35H,6-7H2,1-5H3,(H,36,37)(H,38,39)(H2,26,27,28)/t10-,11-,15+,16+,18?,19-,20?,21?,24+,25-/m0/s1. The van der Waals surface area contributed by atoms with E-state index in [1.54, 1.807) is 13.8 Å². The maximum absolute atomic E-state index is 13.0. The van der Waals surface area contributed by atoms with Crippen molar-refractivity contribution >= 4 is 50.5 Å². The van der Waals surface area contributed by atoms with E-state index in [1.165, 1.54) is 10.9 Å². The monoisotopic (exact) mass is 741 g/mol. The van der Waals surface area contributed by atoms with Gasteiger partial charge in [0.1, 0.15) is 42.9 Å². The zero-order valence-corrected chi connectivity index (χ0v) is 28.5. The molecule has 6 N–H and O–H groups in total. The molecule has 2 saturated heterocycles. The molecule has 22 nitrogen and oxygen atoms in total. The summed E-state index contributed by atoms with van der Waals surface area (Å²) < 4.78 is 68.2. The molecule has 0 aliphatic carbocycles. The fourth-order valence-corrected chi connectivity index (χ4v) is 7.45. The normalized spacial score (nSPS) is 31.7. The lowest BCUT2D eigenvalue weighted by molar-refractivity contribution is -0.270. The molecule has 0 aromatic carbocycles. The van der Waals surface area contributed by atoms with Gasteiger partial charge in [-0.1, -0.05) is 13.8 Å². The Kier molecular flexibility index (Phi) is 12.1. The van der Waals surface area contributed by atoms with Crippen molar-refractivity contribution in [2.24, 2.45) is 11.8 Å². The van der Waals surface area contributed by atoms with E-state index in [-0.39, 0.29) is 17.0 Å². The Morgan fingerprint density at radius 3 is 2.31 bits per heavy atom. The van der Waals surface area contributed by atoms with Crippen LogP contribution in [0.5, 0.6) is 0 Å². The fraction of sp³-hybridized carbons (Fsp3) is 0.680. The van der Waals surface area contributed by atoms with Crippen molar-refractivity contribution in [3.8, 4) is 0 Å². The molecule has 2 fully saturated rings. The zero-order valence-electron chi connectivity index (χ0n) is 26.7. The van der Waals surface area contributed by atoms with Crippen molar-refractivity contribution in [1.82, 2.24) is 19.5 Å². The number of imidazole rings is 1. The molecular weight excluding hydrogens is 704 g/mol. The van der Waals surface area contributed by atoms with E-state index in [4.69, 9.17) is 38.5 Å². The predicted molar refractivity (Wildman–Crippen MR) is 158 cm³/mol. The minimum atomic E-state index is -5.64.